The maximum Gasteiger partial charge on any atom is 0.387 e. The van der Waals surface area contributed by atoms with Crippen LogP contribution < -0.4 is 10.0 Å². The molecule has 196 valence electrons. The molecule has 2 atom stereocenters. The van der Waals surface area contributed by atoms with Crippen LogP contribution in [0.1, 0.15) is 44.4 Å². The van der Waals surface area contributed by atoms with Crippen molar-refractivity contribution in [2.75, 3.05) is 20.3 Å². The molecule has 2 aliphatic heterocycles. The molecular weight excluding hydrogens is 521 g/mol. The first kappa shape index (κ1) is 21.3. The van der Waals surface area contributed by atoms with Crippen molar-refractivity contribution >= 4 is 29.4 Å². The molecule has 0 N–H and O–H groups in total. The van der Waals surface area contributed by atoms with E-state index in [1.165, 1.54) is 60.4 Å². The number of aromatic nitrogens is 2. The number of imidazole rings is 1. The van der Waals surface area contributed by atoms with Crippen LogP contribution in [-0.4, -0.2) is 47.3 Å². The van der Waals surface area contributed by atoms with Gasteiger partial charge in [-0.15, -0.1) is 0 Å². The maximum absolute atomic E-state index is 16.4. The predicted octanol–water partition coefficient (Wildman–Crippen LogP) is 5.95. The molecular formula is C27H22F4N3O3P. The first-order valence-corrected chi connectivity index (χ1v) is 14.3. The van der Waals surface area contributed by atoms with Crippen LogP contribution in [0.25, 0.3) is 22.2 Å². The second-order valence-corrected chi connectivity index (χ2v) is 12.9. The molecule has 38 heavy (non-hydrogen) atoms. The van der Waals surface area contributed by atoms with E-state index >= 15 is 4.39 Å². The fraction of sp³-hybridized carbons (Fsp3) is 0.259. The van der Waals surface area contributed by atoms with Gasteiger partial charge in [0.05, 0.1) is 17.6 Å². The molecule has 0 aliphatic carbocycles. The monoisotopic (exact) mass is 546 g/mol. The lowest BCUT2D eigenvalue weighted by atomic mass is 9.97. The third-order valence-corrected chi connectivity index (χ3v) is 8.61. The quantitative estimate of drug-likeness (QED) is 0.235. The van der Waals surface area contributed by atoms with Crippen LogP contribution in [0.3, 0.4) is 0 Å². The van der Waals surface area contributed by atoms with E-state index in [0.29, 0.717) is 4.90 Å². The fourth-order valence-corrected chi connectivity index (χ4v) is 6.50. The van der Waals surface area contributed by atoms with Gasteiger partial charge in [0.1, 0.15) is 30.0 Å². The first-order chi connectivity index (χ1) is 19.2. The van der Waals surface area contributed by atoms with Crippen molar-refractivity contribution in [3.05, 3.63) is 77.1 Å². The molecule has 6 nitrogen and oxygen atoms in total. The number of rotatable bonds is 4. The zero-order valence-corrected chi connectivity index (χ0v) is 21.0. The van der Waals surface area contributed by atoms with Gasteiger partial charge in [0.25, 0.3) is 5.91 Å². The van der Waals surface area contributed by atoms with Gasteiger partial charge < -0.3 is 18.8 Å². The minimum absolute atomic E-state index is 0.00514. The minimum atomic E-state index is -3.24. The topological polar surface area (TPSA) is 64.4 Å². The highest BCUT2D eigenvalue weighted by atomic mass is 31.2. The number of ether oxygens (including phenoxy) is 1. The lowest BCUT2D eigenvalue weighted by Gasteiger charge is -2.24. The Hall–Kier alpha value is -3.65. The molecule has 3 aromatic carbocycles. The van der Waals surface area contributed by atoms with Crippen LogP contribution in [0.4, 0.5) is 17.6 Å². The van der Waals surface area contributed by atoms with E-state index in [4.69, 9.17) is 8.85 Å². The Kier molecular flexibility index (Phi) is 4.72. The SMILES string of the molecule is [2H]C([2H])([2H])N1C(=O)c2cccc(OC(F)F)c2[C@@H]2C[C@@H]1c1nc3ccc(-c4ccc(P(C)(C)=O)c(F)c4)c(F)c3n12. The summed E-state index contributed by atoms with van der Waals surface area (Å²) in [5.41, 5.74) is 0.0610. The number of alkyl halides is 2. The Balaban J connectivity index is 1.62. The number of hydrogen-bond acceptors (Lipinski definition) is 4. The minimum Gasteiger partial charge on any atom is -0.434 e. The summed E-state index contributed by atoms with van der Waals surface area (Å²) in [6, 6.07) is 8.51. The first-order valence-electron chi connectivity index (χ1n) is 13.2. The van der Waals surface area contributed by atoms with Crippen LogP contribution in [0.5, 0.6) is 5.75 Å². The normalized spacial score (nSPS) is 20.1. The van der Waals surface area contributed by atoms with E-state index < -0.39 is 50.4 Å². The van der Waals surface area contributed by atoms with Crippen molar-refractivity contribution in [1.29, 1.82) is 0 Å². The van der Waals surface area contributed by atoms with E-state index in [0.717, 1.165) is 6.07 Å². The molecule has 0 radical (unpaired) electrons. The number of carbonyl (C=O) groups is 1. The van der Waals surface area contributed by atoms with Crippen molar-refractivity contribution < 1.29 is 35.8 Å². The van der Waals surface area contributed by atoms with Crippen LogP contribution in [-0.2, 0) is 4.57 Å². The van der Waals surface area contributed by atoms with Crippen LogP contribution in [0.2, 0.25) is 0 Å². The van der Waals surface area contributed by atoms with Crippen LogP contribution >= 0.6 is 7.14 Å². The van der Waals surface area contributed by atoms with E-state index in [1.807, 2.05) is 0 Å². The van der Waals surface area contributed by atoms with E-state index in [9.17, 15) is 22.5 Å². The summed E-state index contributed by atoms with van der Waals surface area (Å²) in [5, 5.41) is 0.0237. The zero-order chi connectivity index (χ0) is 29.6. The molecule has 0 saturated heterocycles. The van der Waals surface area contributed by atoms with E-state index in [-0.39, 0.29) is 56.6 Å². The molecule has 2 bridgehead atoms. The number of fused-ring (bicyclic) bond motifs is 9. The highest BCUT2D eigenvalue weighted by Crippen LogP contribution is 2.50. The number of nitrogens with zero attached hydrogens (tertiary/aromatic N) is 3. The lowest BCUT2D eigenvalue weighted by Crippen LogP contribution is -2.30. The summed E-state index contributed by atoms with van der Waals surface area (Å²) in [4.78, 5) is 18.7. The molecule has 0 saturated carbocycles. The average molecular weight is 546 g/mol. The predicted molar refractivity (Wildman–Crippen MR) is 135 cm³/mol. The highest BCUT2D eigenvalue weighted by Gasteiger charge is 2.45. The van der Waals surface area contributed by atoms with Crippen LogP contribution in [0, 0.1) is 11.6 Å². The molecule has 11 heteroatoms. The summed E-state index contributed by atoms with van der Waals surface area (Å²) in [7, 11) is -2.93. The third-order valence-electron chi connectivity index (χ3n) is 7.09. The van der Waals surface area contributed by atoms with Gasteiger partial charge in [-0.2, -0.15) is 8.78 Å². The Morgan fingerprint density at radius 3 is 2.58 bits per heavy atom. The van der Waals surface area contributed by atoms with Gasteiger partial charge in [-0.05, 0) is 55.3 Å². The number of carbonyl (C=O) groups excluding carboxylic acids is 1. The molecule has 1 amide bonds. The largest absolute Gasteiger partial charge is 0.434 e. The Bertz CT molecular complexity index is 1800. The van der Waals surface area contributed by atoms with Gasteiger partial charge in [0.2, 0.25) is 0 Å². The average Bonchev–Trinajstić information content (AvgIpc) is 3.36. The fourth-order valence-electron chi connectivity index (χ4n) is 5.48. The highest BCUT2D eigenvalue weighted by molar-refractivity contribution is 7.70. The molecule has 6 rings (SSSR count). The Morgan fingerprint density at radius 2 is 1.89 bits per heavy atom. The van der Waals surface area contributed by atoms with Gasteiger partial charge in [-0.25, -0.2) is 13.8 Å². The summed E-state index contributed by atoms with van der Waals surface area (Å²) in [6.07, 6.45) is -0.0751. The van der Waals surface area contributed by atoms with Gasteiger partial charge in [0, 0.05) is 39.5 Å². The standard InChI is InChI=1S/C27H22F4N3O3P/c1-33-19-12-18(22-15(26(33)35)5-4-6-20(22)37-27(30)31)34-24-17(32-25(19)34)9-8-14(23(24)29)13-7-10-21(16(28)11-13)38(2,3)36/h4-11,18-19,27H,12H2,1-3H3/t18-,19+/m0/s1/i1D3. The molecule has 2 aliphatic rings. The number of halogens is 4. The second-order valence-electron chi connectivity index (χ2n) is 9.69. The van der Waals surface area contributed by atoms with Crippen molar-refractivity contribution in [2.45, 2.75) is 25.1 Å². The Labute approximate surface area is 219 Å². The van der Waals surface area contributed by atoms with Gasteiger partial charge in [0.15, 0.2) is 5.82 Å². The second kappa shape index (κ2) is 8.43. The lowest BCUT2D eigenvalue weighted by molar-refractivity contribution is -0.0507. The van der Waals surface area contributed by atoms with Gasteiger partial charge in [-0.1, -0.05) is 12.1 Å². The summed E-state index contributed by atoms with van der Waals surface area (Å²) in [5.74, 6) is -2.74. The van der Waals surface area contributed by atoms with Crippen molar-refractivity contribution in [1.82, 2.24) is 14.5 Å². The van der Waals surface area contributed by atoms with Gasteiger partial charge >= 0.3 is 6.61 Å². The van der Waals surface area contributed by atoms with Crippen molar-refractivity contribution in [2.24, 2.45) is 0 Å². The molecule has 3 heterocycles. The number of hydrogen-bond donors (Lipinski definition) is 0. The van der Waals surface area contributed by atoms with Gasteiger partial charge in [-0.3, -0.25) is 4.79 Å². The van der Waals surface area contributed by atoms with Crippen molar-refractivity contribution in [3.63, 3.8) is 0 Å². The number of amides is 1. The third kappa shape index (κ3) is 3.57. The zero-order valence-electron chi connectivity index (χ0n) is 23.1. The summed E-state index contributed by atoms with van der Waals surface area (Å²) in [6.45, 7) is -3.32. The Morgan fingerprint density at radius 1 is 1.11 bits per heavy atom. The summed E-state index contributed by atoms with van der Waals surface area (Å²) >= 11 is 0. The molecule has 1 aromatic heterocycles. The molecule has 0 spiro atoms. The van der Waals surface area contributed by atoms with Crippen molar-refractivity contribution in [3.8, 4) is 16.9 Å². The molecule has 0 unspecified atom stereocenters. The smallest absolute Gasteiger partial charge is 0.387 e. The van der Waals surface area contributed by atoms with E-state index in [2.05, 4.69) is 4.98 Å². The molecule has 0 fully saturated rings. The molecule has 4 aromatic rings. The van der Waals surface area contributed by atoms with E-state index in [1.54, 1.807) is 0 Å². The maximum atomic E-state index is 16.4. The summed E-state index contributed by atoms with van der Waals surface area (Å²) < 4.78 is 101. The number of benzene rings is 3. The van der Waals surface area contributed by atoms with Crippen LogP contribution in [0.15, 0.2) is 48.5 Å².